The number of halogens is 2. The molecule has 2 heterocycles. The number of hydrogen-bond donors (Lipinski definition) is 2. The fourth-order valence-electron chi connectivity index (χ4n) is 4.11. The van der Waals surface area contributed by atoms with Gasteiger partial charge in [-0.25, -0.2) is 9.18 Å². The fraction of sp³-hybridized carbons (Fsp3) is 0.286. The topological polar surface area (TPSA) is 92.4 Å². The Bertz CT molecular complexity index is 1170. The maximum Gasteiger partial charge on any atom is 0.408 e. The zero-order valence-electron chi connectivity index (χ0n) is 17.0. The molecule has 0 spiro atoms. The number of nitrogens with one attached hydrogen (secondary N) is 1. The van der Waals surface area contributed by atoms with Gasteiger partial charge in [0.1, 0.15) is 11.5 Å². The minimum Gasteiger partial charge on any atom is -0.465 e. The van der Waals surface area contributed by atoms with Crippen molar-refractivity contribution in [2.45, 2.75) is 25.4 Å². The normalized spacial score (nSPS) is 15.0. The van der Waals surface area contributed by atoms with E-state index in [2.05, 4.69) is 10.4 Å². The molecule has 162 valence electrons. The number of anilines is 1. The van der Waals surface area contributed by atoms with Crippen LogP contribution in [0.3, 0.4) is 0 Å². The third-order valence-corrected chi connectivity index (χ3v) is 5.75. The summed E-state index contributed by atoms with van der Waals surface area (Å²) in [4.78, 5) is 26.3. The molecule has 31 heavy (non-hydrogen) atoms. The Morgan fingerprint density at radius 3 is 2.77 bits per heavy atom. The molecule has 4 rings (SSSR count). The molecule has 2 aromatic heterocycles. The van der Waals surface area contributed by atoms with Gasteiger partial charge in [0.05, 0.1) is 23.3 Å². The molecule has 10 heteroatoms. The summed E-state index contributed by atoms with van der Waals surface area (Å²) < 4.78 is 16.7. The summed E-state index contributed by atoms with van der Waals surface area (Å²) in [5.74, 6) is -0.928. The molecule has 1 aliphatic rings. The number of aryl methyl sites for hydroxylation is 2. The molecule has 2 N–H and O–H groups in total. The van der Waals surface area contributed by atoms with Crippen molar-refractivity contribution in [2.75, 3.05) is 5.32 Å². The largest absolute Gasteiger partial charge is 0.465 e. The number of hydrogen-bond acceptors (Lipinski definition) is 3. The average Bonchev–Trinajstić information content (AvgIpc) is 3.37. The number of amides is 2. The number of carboxylic acid groups (broad SMARTS) is 1. The first kappa shape index (κ1) is 20.9. The molecular formula is C21H21ClFN5O3. The Kier molecular flexibility index (Phi) is 5.45. The monoisotopic (exact) mass is 445 g/mol. The van der Waals surface area contributed by atoms with Crippen molar-refractivity contribution >= 4 is 29.3 Å². The lowest BCUT2D eigenvalue weighted by Crippen LogP contribution is -2.32. The highest BCUT2D eigenvalue weighted by atomic mass is 35.5. The van der Waals surface area contributed by atoms with Crippen molar-refractivity contribution < 1.29 is 19.1 Å². The van der Waals surface area contributed by atoms with Crippen LogP contribution in [0.5, 0.6) is 0 Å². The number of carbonyl (C=O) groups is 2. The number of carbonyl (C=O) groups excluding carboxylic acids is 1. The van der Waals surface area contributed by atoms with Crippen molar-refractivity contribution in [3.63, 3.8) is 0 Å². The van der Waals surface area contributed by atoms with E-state index < -0.39 is 11.9 Å². The lowest BCUT2D eigenvalue weighted by molar-refractivity contribution is 0.101. The second-order valence-corrected chi connectivity index (χ2v) is 7.96. The summed E-state index contributed by atoms with van der Waals surface area (Å²) in [5.41, 5.74) is 3.10. The van der Waals surface area contributed by atoms with Gasteiger partial charge in [0.25, 0.3) is 5.91 Å². The van der Waals surface area contributed by atoms with Crippen molar-refractivity contribution in [3.8, 4) is 0 Å². The third-order valence-electron chi connectivity index (χ3n) is 5.46. The molecule has 0 fully saturated rings. The Morgan fingerprint density at radius 2 is 2.13 bits per heavy atom. The molecule has 1 aliphatic carbocycles. The number of nitrogens with zero attached hydrogens (tertiary/aromatic N) is 4. The van der Waals surface area contributed by atoms with E-state index >= 15 is 0 Å². The SMILES string of the molecule is Cn1ccc(CN(C(=O)O)C2CCc3c2cn(C)c3C(=O)Nc2ccc(F)c(Cl)c2)n1. The van der Waals surface area contributed by atoms with Crippen molar-refractivity contribution in [3.05, 3.63) is 70.0 Å². The number of aromatic nitrogens is 3. The quantitative estimate of drug-likeness (QED) is 0.621. The van der Waals surface area contributed by atoms with Crippen LogP contribution in [0, 0.1) is 5.82 Å². The lowest BCUT2D eigenvalue weighted by Gasteiger charge is -2.25. The van der Waals surface area contributed by atoms with Crippen LogP contribution >= 0.6 is 11.6 Å². The van der Waals surface area contributed by atoms with Crippen LogP contribution in [0.25, 0.3) is 0 Å². The van der Waals surface area contributed by atoms with E-state index in [-0.39, 0.29) is 23.5 Å². The van der Waals surface area contributed by atoms with E-state index in [0.717, 1.165) is 11.1 Å². The van der Waals surface area contributed by atoms with Crippen LogP contribution < -0.4 is 5.32 Å². The molecule has 1 unspecified atom stereocenters. The summed E-state index contributed by atoms with van der Waals surface area (Å²) in [5, 5.41) is 16.8. The number of fused-ring (bicyclic) bond motifs is 1. The Labute approximate surface area is 182 Å². The molecule has 1 aromatic carbocycles. The van der Waals surface area contributed by atoms with E-state index in [9.17, 15) is 19.1 Å². The van der Waals surface area contributed by atoms with Gasteiger partial charge >= 0.3 is 6.09 Å². The van der Waals surface area contributed by atoms with Crippen LogP contribution in [-0.4, -0.2) is 36.4 Å². The van der Waals surface area contributed by atoms with E-state index in [1.54, 1.807) is 41.8 Å². The molecule has 0 radical (unpaired) electrons. The summed E-state index contributed by atoms with van der Waals surface area (Å²) >= 11 is 5.80. The summed E-state index contributed by atoms with van der Waals surface area (Å²) in [6, 6.07) is 5.38. The molecule has 0 aliphatic heterocycles. The van der Waals surface area contributed by atoms with Gasteiger partial charge in [0.2, 0.25) is 0 Å². The number of rotatable bonds is 5. The average molecular weight is 446 g/mol. The smallest absolute Gasteiger partial charge is 0.408 e. The van der Waals surface area contributed by atoms with Crippen LogP contribution in [0.4, 0.5) is 14.9 Å². The summed E-state index contributed by atoms with van der Waals surface area (Å²) in [6.45, 7) is 0.158. The highest BCUT2D eigenvalue weighted by Crippen LogP contribution is 2.39. The van der Waals surface area contributed by atoms with E-state index in [0.29, 0.717) is 29.9 Å². The Balaban J connectivity index is 1.60. The van der Waals surface area contributed by atoms with Gasteiger partial charge in [-0.3, -0.25) is 14.4 Å². The first-order valence-corrected chi connectivity index (χ1v) is 10.0. The first-order chi connectivity index (χ1) is 14.7. The summed E-state index contributed by atoms with van der Waals surface area (Å²) in [6.07, 6.45) is 3.67. The van der Waals surface area contributed by atoms with Gasteiger partial charge < -0.3 is 15.0 Å². The van der Waals surface area contributed by atoms with Gasteiger partial charge in [-0.2, -0.15) is 5.10 Å². The molecule has 0 bridgehead atoms. The van der Waals surface area contributed by atoms with E-state index in [1.165, 1.54) is 23.1 Å². The van der Waals surface area contributed by atoms with Crippen molar-refractivity contribution in [2.24, 2.45) is 14.1 Å². The molecule has 3 aromatic rings. The van der Waals surface area contributed by atoms with E-state index in [1.807, 2.05) is 0 Å². The molecule has 0 saturated heterocycles. The fourth-order valence-corrected chi connectivity index (χ4v) is 4.29. The maximum absolute atomic E-state index is 13.4. The number of benzene rings is 1. The van der Waals surface area contributed by atoms with Gasteiger partial charge in [0.15, 0.2) is 0 Å². The van der Waals surface area contributed by atoms with Gasteiger partial charge in [-0.1, -0.05) is 11.6 Å². The summed E-state index contributed by atoms with van der Waals surface area (Å²) in [7, 11) is 3.52. The van der Waals surface area contributed by atoms with Gasteiger partial charge in [0, 0.05) is 32.2 Å². The predicted molar refractivity (Wildman–Crippen MR) is 113 cm³/mol. The standard InChI is InChI=1S/C21H21ClFN5O3/c1-26-11-15-14(19(26)20(29)24-12-3-5-17(23)16(22)9-12)4-6-18(15)28(21(30)31)10-13-7-8-27(2)25-13/h3,5,7-9,11,18H,4,6,10H2,1-2H3,(H,24,29)(H,30,31). The highest BCUT2D eigenvalue weighted by molar-refractivity contribution is 6.31. The molecular weight excluding hydrogens is 425 g/mol. The van der Waals surface area contributed by atoms with Gasteiger partial charge in [-0.05, 0) is 48.2 Å². The molecule has 1 atom stereocenters. The van der Waals surface area contributed by atoms with Crippen LogP contribution in [0.1, 0.15) is 39.8 Å². The predicted octanol–water partition coefficient (Wildman–Crippen LogP) is 3.97. The molecule has 8 nitrogen and oxygen atoms in total. The van der Waals surface area contributed by atoms with Gasteiger partial charge in [-0.15, -0.1) is 0 Å². The highest BCUT2D eigenvalue weighted by Gasteiger charge is 2.36. The first-order valence-electron chi connectivity index (χ1n) is 9.67. The maximum atomic E-state index is 13.4. The van der Waals surface area contributed by atoms with Crippen LogP contribution in [0.15, 0.2) is 36.7 Å². The van der Waals surface area contributed by atoms with Crippen molar-refractivity contribution in [1.82, 2.24) is 19.2 Å². The van der Waals surface area contributed by atoms with Crippen LogP contribution in [0.2, 0.25) is 5.02 Å². The zero-order chi connectivity index (χ0) is 22.3. The lowest BCUT2D eigenvalue weighted by atomic mass is 10.1. The Morgan fingerprint density at radius 1 is 1.35 bits per heavy atom. The minimum absolute atomic E-state index is 0.0819. The zero-order valence-corrected chi connectivity index (χ0v) is 17.7. The van der Waals surface area contributed by atoms with E-state index in [4.69, 9.17) is 11.6 Å². The molecule has 0 saturated carbocycles. The second kappa shape index (κ2) is 8.07. The third kappa shape index (κ3) is 4.00. The van der Waals surface area contributed by atoms with Crippen LogP contribution in [-0.2, 0) is 27.1 Å². The van der Waals surface area contributed by atoms with Crippen molar-refractivity contribution in [1.29, 1.82) is 0 Å². The minimum atomic E-state index is -1.04. The Hall–Kier alpha value is -3.33. The molecule has 2 amide bonds. The second-order valence-electron chi connectivity index (χ2n) is 7.55.